The van der Waals surface area contributed by atoms with Crippen LogP contribution in [-0.2, 0) is 4.79 Å². The number of aliphatic hydroxyl groups is 1. The maximum Gasteiger partial charge on any atom is 0.261 e. The average molecular weight is 310 g/mol. The van der Waals surface area contributed by atoms with Gasteiger partial charge in [0.15, 0.2) is 0 Å². The largest absolute Gasteiger partial charge is 0.396 e. The van der Waals surface area contributed by atoms with E-state index in [0.717, 1.165) is 30.7 Å². The minimum Gasteiger partial charge on any atom is -0.396 e. The monoisotopic (exact) mass is 310 g/mol. The summed E-state index contributed by atoms with van der Waals surface area (Å²) in [5.41, 5.74) is 0. The Bertz CT molecular complexity index is 497. The van der Waals surface area contributed by atoms with Crippen molar-refractivity contribution in [3.8, 4) is 0 Å². The number of hydrogen-bond donors (Lipinski definition) is 3. The molecule has 1 unspecified atom stereocenters. The van der Waals surface area contributed by atoms with Crippen molar-refractivity contribution in [2.75, 3.05) is 18.5 Å². The summed E-state index contributed by atoms with van der Waals surface area (Å²) >= 11 is 1.30. The number of carbonyl (C=O) groups is 2. The highest BCUT2D eigenvalue weighted by atomic mass is 32.1. The van der Waals surface area contributed by atoms with Crippen molar-refractivity contribution in [3.05, 3.63) is 17.0 Å². The minimum absolute atomic E-state index is 0.0572. The summed E-state index contributed by atoms with van der Waals surface area (Å²) in [6.45, 7) is 2.77. The minimum atomic E-state index is -0.108. The van der Waals surface area contributed by atoms with Crippen LogP contribution in [-0.4, -0.2) is 30.1 Å². The van der Waals surface area contributed by atoms with E-state index in [1.807, 2.05) is 6.92 Å². The lowest BCUT2D eigenvalue weighted by Crippen LogP contribution is -2.24. The number of hydrogen-bond acceptors (Lipinski definition) is 4. The van der Waals surface area contributed by atoms with Gasteiger partial charge in [-0.1, -0.05) is 6.92 Å². The van der Waals surface area contributed by atoms with Crippen LogP contribution >= 0.6 is 11.3 Å². The van der Waals surface area contributed by atoms with Gasteiger partial charge in [0.2, 0.25) is 5.91 Å². The molecule has 0 saturated heterocycles. The third-order valence-electron chi connectivity index (χ3n) is 3.50. The van der Waals surface area contributed by atoms with Gasteiger partial charge >= 0.3 is 0 Å². The van der Waals surface area contributed by atoms with Crippen molar-refractivity contribution in [1.82, 2.24) is 5.32 Å². The predicted octanol–water partition coefficient (Wildman–Crippen LogP) is 2.23. The highest BCUT2D eigenvalue weighted by molar-refractivity contribution is 7.18. The maximum atomic E-state index is 11.9. The molecule has 1 aliphatic carbocycles. The molecule has 1 aliphatic rings. The zero-order valence-corrected chi connectivity index (χ0v) is 13.0. The lowest BCUT2D eigenvalue weighted by molar-refractivity contribution is -0.117. The molecule has 1 fully saturated rings. The molecule has 5 nitrogen and oxygen atoms in total. The number of rotatable bonds is 8. The van der Waals surface area contributed by atoms with Crippen molar-refractivity contribution in [3.63, 3.8) is 0 Å². The van der Waals surface area contributed by atoms with E-state index in [1.165, 1.54) is 11.3 Å². The Morgan fingerprint density at radius 1 is 1.43 bits per heavy atom. The average Bonchev–Trinajstić information content (AvgIpc) is 3.23. The lowest BCUT2D eigenvalue weighted by atomic mass is 10.1. The van der Waals surface area contributed by atoms with E-state index in [9.17, 15) is 9.59 Å². The molecular weight excluding hydrogens is 288 g/mol. The SMILES string of the molecule is CC(CO)CCCNC(=O)c1ccc(NC(=O)C2CC2)s1. The van der Waals surface area contributed by atoms with E-state index < -0.39 is 0 Å². The molecule has 6 heteroatoms. The van der Waals surface area contributed by atoms with Gasteiger partial charge < -0.3 is 15.7 Å². The van der Waals surface area contributed by atoms with E-state index in [0.29, 0.717) is 11.4 Å². The molecule has 0 aliphatic heterocycles. The Labute approximate surface area is 128 Å². The van der Waals surface area contributed by atoms with Crippen LogP contribution < -0.4 is 10.6 Å². The normalized spacial score (nSPS) is 15.5. The molecule has 0 bridgehead atoms. The van der Waals surface area contributed by atoms with Crippen LogP contribution in [0.4, 0.5) is 5.00 Å². The van der Waals surface area contributed by atoms with E-state index >= 15 is 0 Å². The van der Waals surface area contributed by atoms with Crippen LogP contribution in [0.25, 0.3) is 0 Å². The second-order valence-corrected chi connectivity index (χ2v) is 6.70. The van der Waals surface area contributed by atoms with Gasteiger partial charge in [-0.15, -0.1) is 11.3 Å². The molecule has 2 rings (SSSR count). The second kappa shape index (κ2) is 7.56. The van der Waals surface area contributed by atoms with Crippen molar-refractivity contribution >= 4 is 28.2 Å². The van der Waals surface area contributed by atoms with Gasteiger partial charge in [0.25, 0.3) is 5.91 Å². The number of aliphatic hydroxyl groups excluding tert-OH is 1. The Morgan fingerprint density at radius 3 is 2.86 bits per heavy atom. The molecular formula is C15H22N2O3S. The molecule has 2 amide bonds. The van der Waals surface area contributed by atoms with E-state index in [2.05, 4.69) is 10.6 Å². The van der Waals surface area contributed by atoms with Crippen molar-refractivity contribution in [2.45, 2.75) is 32.6 Å². The lowest BCUT2D eigenvalue weighted by Gasteiger charge is -2.07. The zero-order chi connectivity index (χ0) is 15.2. The summed E-state index contributed by atoms with van der Waals surface area (Å²) in [4.78, 5) is 24.2. The zero-order valence-electron chi connectivity index (χ0n) is 12.2. The highest BCUT2D eigenvalue weighted by Gasteiger charge is 2.29. The van der Waals surface area contributed by atoms with Gasteiger partial charge in [-0.05, 0) is 43.7 Å². The Morgan fingerprint density at radius 2 is 2.19 bits per heavy atom. The van der Waals surface area contributed by atoms with Crippen molar-refractivity contribution in [2.24, 2.45) is 11.8 Å². The number of thiophene rings is 1. The van der Waals surface area contributed by atoms with Crippen LogP contribution in [0.2, 0.25) is 0 Å². The number of anilines is 1. The molecule has 1 aromatic heterocycles. The smallest absolute Gasteiger partial charge is 0.261 e. The van der Waals surface area contributed by atoms with Gasteiger partial charge in [0, 0.05) is 19.1 Å². The molecule has 0 spiro atoms. The summed E-state index contributed by atoms with van der Waals surface area (Å²) in [5.74, 6) is 0.385. The first-order valence-corrected chi connectivity index (χ1v) is 8.21. The maximum absolute atomic E-state index is 11.9. The Balaban J connectivity index is 1.72. The highest BCUT2D eigenvalue weighted by Crippen LogP contribution is 2.31. The van der Waals surface area contributed by atoms with Crippen LogP contribution in [0, 0.1) is 11.8 Å². The first-order valence-electron chi connectivity index (χ1n) is 7.40. The Hall–Kier alpha value is -1.40. The second-order valence-electron chi connectivity index (χ2n) is 5.61. The molecule has 1 heterocycles. The summed E-state index contributed by atoms with van der Waals surface area (Å²) in [6, 6.07) is 3.51. The molecule has 0 radical (unpaired) electrons. The molecule has 21 heavy (non-hydrogen) atoms. The summed E-state index contributed by atoms with van der Waals surface area (Å²) < 4.78 is 0. The first-order chi connectivity index (χ1) is 10.1. The van der Waals surface area contributed by atoms with Crippen LogP contribution in [0.1, 0.15) is 42.3 Å². The van der Waals surface area contributed by atoms with E-state index in [-0.39, 0.29) is 30.3 Å². The fraction of sp³-hybridized carbons (Fsp3) is 0.600. The first kappa shape index (κ1) is 16.0. The fourth-order valence-electron chi connectivity index (χ4n) is 1.93. The van der Waals surface area contributed by atoms with Gasteiger partial charge in [-0.25, -0.2) is 0 Å². The summed E-state index contributed by atoms with van der Waals surface area (Å²) in [5, 5.41) is 15.3. The van der Waals surface area contributed by atoms with Crippen molar-refractivity contribution in [1.29, 1.82) is 0 Å². The van der Waals surface area contributed by atoms with Crippen LogP contribution in [0.5, 0.6) is 0 Å². The van der Waals surface area contributed by atoms with Gasteiger partial charge in [0.1, 0.15) is 0 Å². The standard InChI is InChI=1S/C15H22N2O3S/c1-10(9-18)3-2-8-16-15(20)12-6-7-13(21-12)17-14(19)11-4-5-11/h6-7,10-11,18H,2-5,8-9H2,1H3,(H,16,20)(H,17,19). The molecule has 1 saturated carbocycles. The fourth-order valence-corrected chi connectivity index (χ4v) is 2.75. The molecule has 0 aromatic carbocycles. The topological polar surface area (TPSA) is 78.4 Å². The third kappa shape index (κ3) is 5.13. The number of nitrogens with one attached hydrogen (secondary N) is 2. The number of amides is 2. The Kier molecular flexibility index (Phi) is 5.76. The van der Waals surface area contributed by atoms with Crippen molar-refractivity contribution < 1.29 is 14.7 Å². The van der Waals surface area contributed by atoms with Gasteiger partial charge in [0.05, 0.1) is 9.88 Å². The molecule has 1 aromatic rings. The predicted molar refractivity (Wildman–Crippen MR) is 83.5 cm³/mol. The summed E-state index contributed by atoms with van der Waals surface area (Å²) in [6.07, 6.45) is 3.68. The quantitative estimate of drug-likeness (QED) is 0.644. The molecule has 116 valence electrons. The third-order valence-corrected chi connectivity index (χ3v) is 4.49. The number of carbonyl (C=O) groups excluding carboxylic acids is 2. The molecule has 3 N–H and O–H groups in total. The van der Waals surface area contributed by atoms with E-state index in [1.54, 1.807) is 12.1 Å². The van der Waals surface area contributed by atoms with Gasteiger partial charge in [-0.3, -0.25) is 9.59 Å². The summed E-state index contributed by atoms with van der Waals surface area (Å²) in [7, 11) is 0. The van der Waals surface area contributed by atoms with Gasteiger partial charge in [-0.2, -0.15) is 0 Å². The molecule has 1 atom stereocenters. The van der Waals surface area contributed by atoms with E-state index in [4.69, 9.17) is 5.11 Å². The van der Waals surface area contributed by atoms with Crippen LogP contribution in [0.3, 0.4) is 0 Å². The van der Waals surface area contributed by atoms with Crippen LogP contribution in [0.15, 0.2) is 12.1 Å².